The number of aryl methyl sites for hydroxylation is 1. The quantitative estimate of drug-likeness (QED) is 0.927. The molecule has 0 aliphatic carbocycles. The number of nitrogens with two attached hydrogens (primary N) is 1. The van der Waals surface area contributed by atoms with Gasteiger partial charge in [-0.15, -0.1) is 0 Å². The van der Waals surface area contributed by atoms with Gasteiger partial charge in [-0.25, -0.2) is 0 Å². The molecule has 2 aromatic rings. The normalized spacial score (nSPS) is 16.9. The topological polar surface area (TPSA) is 35.2 Å². The number of hydrogen-bond acceptors (Lipinski definition) is 2. The second-order valence-electron chi connectivity index (χ2n) is 5.25. The van der Waals surface area contributed by atoms with Crippen molar-refractivity contribution in [2.45, 2.75) is 25.9 Å². The van der Waals surface area contributed by atoms with Crippen molar-refractivity contribution in [1.82, 2.24) is 0 Å². The summed E-state index contributed by atoms with van der Waals surface area (Å²) in [5.41, 5.74) is 10.2. The van der Waals surface area contributed by atoms with Crippen molar-refractivity contribution < 1.29 is 4.74 Å². The number of rotatable bonds is 3. The highest BCUT2D eigenvalue weighted by Gasteiger charge is 2.27. The van der Waals surface area contributed by atoms with Crippen LogP contribution in [0.4, 0.5) is 0 Å². The van der Waals surface area contributed by atoms with Gasteiger partial charge in [-0.1, -0.05) is 41.9 Å². The minimum Gasteiger partial charge on any atom is -0.489 e. The van der Waals surface area contributed by atoms with Gasteiger partial charge >= 0.3 is 0 Å². The molecule has 1 aliphatic heterocycles. The SMILES string of the molecule is Cc1ccccc1-c1c(Cl)ccc2c1OC(CCN)C2. The summed E-state index contributed by atoms with van der Waals surface area (Å²) in [4.78, 5) is 0. The van der Waals surface area contributed by atoms with E-state index >= 15 is 0 Å². The Morgan fingerprint density at radius 1 is 1.25 bits per heavy atom. The lowest BCUT2D eigenvalue weighted by Gasteiger charge is -2.14. The Hall–Kier alpha value is -1.51. The first-order chi connectivity index (χ1) is 9.70. The van der Waals surface area contributed by atoms with Gasteiger partial charge in [-0.2, -0.15) is 0 Å². The van der Waals surface area contributed by atoms with Gasteiger partial charge in [-0.3, -0.25) is 0 Å². The van der Waals surface area contributed by atoms with Crippen LogP contribution < -0.4 is 10.5 Å². The van der Waals surface area contributed by atoms with E-state index in [9.17, 15) is 0 Å². The molecule has 0 saturated carbocycles. The van der Waals surface area contributed by atoms with E-state index in [0.717, 1.165) is 34.7 Å². The van der Waals surface area contributed by atoms with Crippen LogP contribution in [-0.4, -0.2) is 12.6 Å². The predicted octanol–water partition coefficient (Wildman–Crippen LogP) is 3.97. The maximum atomic E-state index is 6.43. The molecule has 1 aliphatic rings. The molecule has 0 aromatic heterocycles. The first kappa shape index (κ1) is 13.5. The van der Waals surface area contributed by atoms with Gasteiger partial charge in [0.15, 0.2) is 0 Å². The summed E-state index contributed by atoms with van der Waals surface area (Å²) in [6, 6.07) is 12.3. The van der Waals surface area contributed by atoms with E-state index in [1.807, 2.05) is 18.2 Å². The Kier molecular flexibility index (Phi) is 3.68. The molecule has 20 heavy (non-hydrogen) atoms. The Morgan fingerprint density at radius 3 is 2.80 bits per heavy atom. The van der Waals surface area contributed by atoms with Crippen molar-refractivity contribution in [1.29, 1.82) is 0 Å². The fraction of sp³-hybridized carbons (Fsp3) is 0.294. The molecule has 104 valence electrons. The van der Waals surface area contributed by atoms with Crippen molar-refractivity contribution in [3.63, 3.8) is 0 Å². The first-order valence-corrected chi connectivity index (χ1v) is 7.32. The maximum Gasteiger partial charge on any atom is 0.132 e. The molecule has 0 fully saturated rings. The molecule has 1 unspecified atom stereocenters. The Bertz CT molecular complexity index is 639. The summed E-state index contributed by atoms with van der Waals surface area (Å²) < 4.78 is 6.10. The zero-order chi connectivity index (χ0) is 14.1. The van der Waals surface area contributed by atoms with E-state index < -0.39 is 0 Å². The summed E-state index contributed by atoms with van der Waals surface area (Å²) in [5.74, 6) is 0.935. The van der Waals surface area contributed by atoms with E-state index in [1.165, 1.54) is 11.1 Å². The molecule has 0 amide bonds. The summed E-state index contributed by atoms with van der Waals surface area (Å²) in [5, 5.41) is 0.742. The van der Waals surface area contributed by atoms with Crippen LogP contribution in [0.25, 0.3) is 11.1 Å². The smallest absolute Gasteiger partial charge is 0.132 e. The third kappa shape index (κ3) is 2.30. The molecule has 2 nitrogen and oxygen atoms in total. The molecule has 0 saturated heterocycles. The van der Waals surface area contributed by atoms with Crippen molar-refractivity contribution in [2.75, 3.05) is 6.54 Å². The fourth-order valence-electron chi connectivity index (χ4n) is 2.80. The standard InChI is InChI=1S/C17H18ClNO/c1-11-4-2-3-5-14(11)16-15(18)7-6-12-10-13(8-9-19)20-17(12)16/h2-7,13H,8-10,19H2,1H3. The van der Waals surface area contributed by atoms with Crippen LogP contribution in [0.5, 0.6) is 5.75 Å². The average molecular weight is 288 g/mol. The second kappa shape index (κ2) is 5.47. The molecule has 1 atom stereocenters. The van der Waals surface area contributed by atoms with Gasteiger partial charge in [-0.05, 0) is 42.6 Å². The lowest BCUT2D eigenvalue weighted by atomic mass is 9.97. The van der Waals surface area contributed by atoms with Crippen molar-refractivity contribution in [3.05, 3.63) is 52.5 Å². The minimum absolute atomic E-state index is 0.177. The summed E-state index contributed by atoms with van der Waals surface area (Å²) in [6.45, 7) is 2.74. The number of hydrogen-bond donors (Lipinski definition) is 1. The first-order valence-electron chi connectivity index (χ1n) is 6.95. The van der Waals surface area contributed by atoms with Crippen molar-refractivity contribution in [3.8, 4) is 16.9 Å². The van der Waals surface area contributed by atoms with Crippen molar-refractivity contribution >= 4 is 11.6 Å². The maximum absolute atomic E-state index is 6.43. The lowest BCUT2D eigenvalue weighted by Crippen LogP contribution is -2.17. The Balaban J connectivity index is 2.10. The summed E-state index contributed by atoms with van der Waals surface area (Å²) >= 11 is 6.43. The Morgan fingerprint density at radius 2 is 2.05 bits per heavy atom. The highest BCUT2D eigenvalue weighted by Crippen LogP contribution is 2.44. The van der Waals surface area contributed by atoms with Gasteiger partial charge in [0, 0.05) is 12.0 Å². The third-order valence-electron chi connectivity index (χ3n) is 3.82. The third-order valence-corrected chi connectivity index (χ3v) is 4.14. The van der Waals surface area contributed by atoms with Crippen LogP contribution in [-0.2, 0) is 6.42 Å². The molecule has 2 aromatic carbocycles. The van der Waals surface area contributed by atoms with Gasteiger partial charge in [0.25, 0.3) is 0 Å². The zero-order valence-electron chi connectivity index (χ0n) is 11.5. The number of fused-ring (bicyclic) bond motifs is 1. The molecular weight excluding hydrogens is 270 g/mol. The van der Waals surface area contributed by atoms with Gasteiger partial charge in [0.05, 0.1) is 5.02 Å². The van der Waals surface area contributed by atoms with Crippen LogP contribution in [0.3, 0.4) is 0 Å². The van der Waals surface area contributed by atoms with E-state index in [0.29, 0.717) is 6.54 Å². The highest BCUT2D eigenvalue weighted by molar-refractivity contribution is 6.33. The molecule has 2 N–H and O–H groups in total. The summed E-state index contributed by atoms with van der Waals surface area (Å²) in [6.07, 6.45) is 1.97. The van der Waals surface area contributed by atoms with Crippen LogP contribution >= 0.6 is 11.6 Å². The van der Waals surface area contributed by atoms with Gasteiger partial charge < -0.3 is 10.5 Å². The number of halogens is 1. The number of ether oxygens (including phenoxy) is 1. The largest absolute Gasteiger partial charge is 0.489 e. The fourth-order valence-corrected chi connectivity index (χ4v) is 3.05. The molecule has 3 rings (SSSR count). The molecular formula is C17H18ClNO. The average Bonchev–Trinajstić information content (AvgIpc) is 2.83. The van der Waals surface area contributed by atoms with Gasteiger partial charge in [0.1, 0.15) is 11.9 Å². The summed E-state index contributed by atoms with van der Waals surface area (Å²) in [7, 11) is 0. The molecule has 3 heteroatoms. The van der Waals surface area contributed by atoms with Crippen LogP contribution in [0.15, 0.2) is 36.4 Å². The van der Waals surface area contributed by atoms with Crippen LogP contribution in [0, 0.1) is 6.92 Å². The van der Waals surface area contributed by atoms with E-state index in [2.05, 4.69) is 25.1 Å². The second-order valence-corrected chi connectivity index (χ2v) is 5.65. The van der Waals surface area contributed by atoms with Crippen LogP contribution in [0.2, 0.25) is 5.02 Å². The predicted molar refractivity (Wildman–Crippen MR) is 83.4 cm³/mol. The Labute approximate surface area is 124 Å². The van der Waals surface area contributed by atoms with Crippen LogP contribution in [0.1, 0.15) is 17.5 Å². The number of benzene rings is 2. The van der Waals surface area contributed by atoms with E-state index in [4.69, 9.17) is 22.1 Å². The molecule has 0 bridgehead atoms. The lowest BCUT2D eigenvalue weighted by molar-refractivity contribution is 0.225. The van der Waals surface area contributed by atoms with Crippen molar-refractivity contribution in [2.24, 2.45) is 5.73 Å². The molecule has 0 radical (unpaired) electrons. The monoisotopic (exact) mass is 287 g/mol. The van der Waals surface area contributed by atoms with E-state index in [-0.39, 0.29) is 6.10 Å². The van der Waals surface area contributed by atoms with Gasteiger partial charge in [0.2, 0.25) is 0 Å². The van der Waals surface area contributed by atoms with E-state index in [1.54, 1.807) is 0 Å². The highest BCUT2D eigenvalue weighted by atomic mass is 35.5. The minimum atomic E-state index is 0.177. The zero-order valence-corrected chi connectivity index (χ0v) is 12.3. The molecule has 0 spiro atoms. The molecule has 1 heterocycles.